The minimum atomic E-state index is -0.0482. The number of methoxy groups -OCH3 is 2. The molecule has 1 aromatic rings. The van der Waals surface area contributed by atoms with E-state index in [1.54, 1.807) is 21.3 Å². The first kappa shape index (κ1) is 17.3. The van der Waals surface area contributed by atoms with Gasteiger partial charge < -0.3 is 24.8 Å². The summed E-state index contributed by atoms with van der Waals surface area (Å²) in [5.74, 6) is 1.26. The summed E-state index contributed by atoms with van der Waals surface area (Å²) in [5, 5.41) is 5.82. The summed E-state index contributed by atoms with van der Waals surface area (Å²) in [6.45, 7) is 2.53. The van der Waals surface area contributed by atoms with Crippen molar-refractivity contribution in [1.82, 2.24) is 10.6 Å². The number of amides is 1. The first-order valence-corrected chi connectivity index (χ1v) is 6.91. The highest BCUT2D eigenvalue weighted by molar-refractivity contribution is 5.75. The fraction of sp³-hybridized carbons (Fsp3) is 0.533. The second kappa shape index (κ2) is 10.0. The first-order valence-electron chi connectivity index (χ1n) is 6.91. The zero-order chi connectivity index (χ0) is 15.5. The van der Waals surface area contributed by atoms with Crippen molar-refractivity contribution in [2.24, 2.45) is 0 Å². The van der Waals surface area contributed by atoms with Crippen LogP contribution in [0.5, 0.6) is 11.5 Å². The average Bonchev–Trinajstić information content (AvgIpc) is 2.52. The molecule has 0 aromatic heterocycles. The van der Waals surface area contributed by atoms with Crippen LogP contribution in [0.1, 0.15) is 12.0 Å². The molecule has 0 radical (unpaired) electrons. The quantitative estimate of drug-likeness (QED) is 0.629. The van der Waals surface area contributed by atoms with Gasteiger partial charge in [0.15, 0.2) is 11.5 Å². The van der Waals surface area contributed by atoms with Crippen molar-refractivity contribution in [1.29, 1.82) is 0 Å². The van der Waals surface area contributed by atoms with Crippen LogP contribution in [0.25, 0.3) is 0 Å². The molecule has 0 aliphatic carbocycles. The van der Waals surface area contributed by atoms with E-state index < -0.39 is 0 Å². The normalized spacial score (nSPS) is 10.2. The van der Waals surface area contributed by atoms with Crippen LogP contribution in [0.3, 0.4) is 0 Å². The fourth-order valence-electron chi connectivity index (χ4n) is 1.73. The molecule has 0 fully saturated rings. The standard InChI is InChI=1S/C15H24N2O4/c1-16-15(18)6-8-21-13-5-4-12(10-14(13)20-3)11-17-7-9-19-2/h4-5,10,17H,6-9,11H2,1-3H3,(H,16,18). The summed E-state index contributed by atoms with van der Waals surface area (Å²) in [5.41, 5.74) is 1.10. The monoisotopic (exact) mass is 296 g/mol. The van der Waals surface area contributed by atoms with Gasteiger partial charge in [-0.15, -0.1) is 0 Å². The molecule has 118 valence electrons. The number of carbonyl (C=O) groups excluding carboxylic acids is 1. The van der Waals surface area contributed by atoms with Crippen molar-refractivity contribution in [3.8, 4) is 11.5 Å². The number of benzene rings is 1. The number of rotatable bonds is 10. The van der Waals surface area contributed by atoms with Gasteiger partial charge in [-0.2, -0.15) is 0 Å². The van der Waals surface area contributed by atoms with Crippen LogP contribution in [0.2, 0.25) is 0 Å². The smallest absolute Gasteiger partial charge is 0.223 e. The highest BCUT2D eigenvalue weighted by atomic mass is 16.5. The predicted molar refractivity (Wildman–Crippen MR) is 80.8 cm³/mol. The first-order chi connectivity index (χ1) is 10.2. The molecule has 21 heavy (non-hydrogen) atoms. The molecule has 0 saturated heterocycles. The van der Waals surface area contributed by atoms with E-state index in [1.807, 2.05) is 18.2 Å². The third kappa shape index (κ3) is 6.46. The van der Waals surface area contributed by atoms with Gasteiger partial charge in [-0.1, -0.05) is 6.07 Å². The Balaban J connectivity index is 2.51. The summed E-state index contributed by atoms with van der Waals surface area (Å²) in [6, 6.07) is 5.75. The van der Waals surface area contributed by atoms with Crippen LogP contribution in [0.4, 0.5) is 0 Å². The second-order valence-electron chi connectivity index (χ2n) is 4.43. The molecule has 0 aliphatic rings. The number of ether oxygens (including phenoxy) is 3. The third-order valence-electron chi connectivity index (χ3n) is 2.91. The fourth-order valence-corrected chi connectivity index (χ4v) is 1.73. The molecule has 2 N–H and O–H groups in total. The molecular formula is C15H24N2O4. The van der Waals surface area contributed by atoms with E-state index in [-0.39, 0.29) is 5.91 Å². The SMILES string of the molecule is CNC(=O)CCOc1ccc(CNCCOC)cc1OC. The number of hydrogen-bond acceptors (Lipinski definition) is 5. The van der Waals surface area contributed by atoms with Crippen molar-refractivity contribution < 1.29 is 19.0 Å². The molecule has 1 amide bonds. The van der Waals surface area contributed by atoms with Crippen LogP contribution >= 0.6 is 0 Å². The maximum atomic E-state index is 11.1. The minimum absolute atomic E-state index is 0.0482. The number of hydrogen-bond donors (Lipinski definition) is 2. The van der Waals surface area contributed by atoms with E-state index in [4.69, 9.17) is 14.2 Å². The van der Waals surface area contributed by atoms with E-state index in [0.29, 0.717) is 31.1 Å². The molecule has 6 heteroatoms. The van der Waals surface area contributed by atoms with Crippen molar-refractivity contribution in [3.63, 3.8) is 0 Å². The molecule has 0 unspecified atom stereocenters. The Kier molecular flexibility index (Phi) is 8.23. The van der Waals surface area contributed by atoms with Gasteiger partial charge in [0.25, 0.3) is 0 Å². The van der Waals surface area contributed by atoms with Gasteiger partial charge in [0.05, 0.1) is 26.7 Å². The lowest BCUT2D eigenvalue weighted by Crippen LogP contribution is -2.20. The zero-order valence-corrected chi connectivity index (χ0v) is 12.9. The Bertz CT molecular complexity index is 438. The average molecular weight is 296 g/mol. The molecule has 1 aromatic carbocycles. The Morgan fingerprint density at radius 1 is 1.19 bits per heavy atom. The molecule has 0 bridgehead atoms. The summed E-state index contributed by atoms with van der Waals surface area (Å²) in [4.78, 5) is 11.1. The van der Waals surface area contributed by atoms with Gasteiger partial charge in [0.2, 0.25) is 5.91 Å². The van der Waals surface area contributed by atoms with E-state index >= 15 is 0 Å². The maximum absolute atomic E-state index is 11.1. The van der Waals surface area contributed by atoms with Gasteiger partial charge in [-0.3, -0.25) is 4.79 Å². The van der Waals surface area contributed by atoms with Gasteiger partial charge in [-0.25, -0.2) is 0 Å². The number of nitrogens with one attached hydrogen (secondary N) is 2. The molecule has 0 heterocycles. The summed E-state index contributed by atoms with van der Waals surface area (Å²) in [6.07, 6.45) is 0.319. The Morgan fingerprint density at radius 2 is 2.00 bits per heavy atom. The Labute approximate surface area is 125 Å². The molecule has 6 nitrogen and oxygen atoms in total. The van der Waals surface area contributed by atoms with Crippen molar-refractivity contribution in [3.05, 3.63) is 23.8 Å². The largest absolute Gasteiger partial charge is 0.493 e. The molecular weight excluding hydrogens is 272 g/mol. The highest BCUT2D eigenvalue weighted by Gasteiger charge is 2.07. The van der Waals surface area contributed by atoms with Crippen LogP contribution in [-0.2, 0) is 16.1 Å². The topological polar surface area (TPSA) is 68.8 Å². The maximum Gasteiger partial charge on any atom is 0.223 e. The summed E-state index contributed by atoms with van der Waals surface area (Å²) in [7, 11) is 4.88. The van der Waals surface area contributed by atoms with Gasteiger partial charge in [-0.05, 0) is 17.7 Å². The lowest BCUT2D eigenvalue weighted by Gasteiger charge is -2.12. The Hall–Kier alpha value is -1.79. The molecule has 0 aliphatic heterocycles. The van der Waals surface area contributed by atoms with Crippen molar-refractivity contribution in [2.75, 3.05) is 41.0 Å². The van der Waals surface area contributed by atoms with Gasteiger partial charge in [0.1, 0.15) is 0 Å². The second-order valence-corrected chi connectivity index (χ2v) is 4.43. The van der Waals surface area contributed by atoms with Crippen LogP contribution in [0.15, 0.2) is 18.2 Å². The molecule has 0 saturated carbocycles. The lowest BCUT2D eigenvalue weighted by atomic mass is 10.2. The Morgan fingerprint density at radius 3 is 2.67 bits per heavy atom. The van der Waals surface area contributed by atoms with Gasteiger partial charge in [0, 0.05) is 27.2 Å². The van der Waals surface area contributed by atoms with E-state index in [0.717, 1.165) is 18.7 Å². The van der Waals surface area contributed by atoms with Crippen LogP contribution < -0.4 is 20.1 Å². The molecule has 1 rings (SSSR count). The third-order valence-corrected chi connectivity index (χ3v) is 2.91. The van der Waals surface area contributed by atoms with E-state index in [9.17, 15) is 4.79 Å². The van der Waals surface area contributed by atoms with Crippen LogP contribution in [0, 0.1) is 0 Å². The number of carbonyl (C=O) groups is 1. The summed E-state index contributed by atoms with van der Waals surface area (Å²) < 4.78 is 15.9. The van der Waals surface area contributed by atoms with Crippen molar-refractivity contribution >= 4 is 5.91 Å². The van der Waals surface area contributed by atoms with Gasteiger partial charge >= 0.3 is 0 Å². The zero-order valence-electron chi connectivity index (χ0n) is 12.9. The molecule has 0 atom stereocenters. The van der Waals surface area contributed by atoms with Crippen LogP contribution in [-0.4, -0.2) is 46.9 Å². The minimum Gasteiger partial charge on any atom is -0.493 e. The predicted octanol–water partition coefficient (Wildman–Crippen LogP) is 0.946. The highest BCUT2D eigenvalue weighted by Crippen LogP contribution is 2.28. The van der Waals surface area contributed by atoms with E-state index in [2.05, 4.69) is 10.6 Å². The van der Waals surface area contributed by atoms with Crippen molar-refractivity contribution in [2.45, 2.75) is 13.0 Å². The molecule has 0 spiro atoms. The van der Waals surface area contributed by atoms with E-state index in [1.165, 1.54) is 0 Å². The lowest BCUT2D eigenvalue weighted by molar-refractivity contribution is -0.121. The summed E-state index contributed by atoms with van der Waals surface area (Å²) >= 11 is 0.